The van der Waals surface area contributed by atoms with Gasteiger partial charge in [-0.15, -0.1) is 0 Å². The fraction of sp³-hybridized carbons (Fsp3) is 0.364. The summed E-state index contributed by atoms with van der Waals surface area (Å²) in [6.07, 6.45) is 0.534. The quantitative estimate of drug-likeness (QED) is 0.762. The Kier molecular flexibility index (Phi) is 3.81. The van der Waals surface area contributed by atoms with Gasteiger partial charge in [-0.2, -0.15) is 0 Å². The Morgan fingerprint density at radius 2 is 2.21 bits per heavy atom. The maximum absolute atomic E-state index is 13.1. The zero-order valence-corrected chi connectivity index (χ0v) is 9.77. The van der Waals surface area contributed by atoms with Crippen molar-refractivity contribution in [1.82, 2.24) is 0 Å². The summed E-state index contributed by atoms with van der Waals surface area (Å²) in [5.74, 6) is -0.156. The van der Waals surface area contributed by atoms with E-state index in [1.54, 1.807) is 13.0 Å². The minimum atomic E-state index is -0.218. The van der Waals surface area contributed by atoms with Crippen molar-refractivity contribution in [2.45, 2.75) is 25.1 Å². The maximum Gasteiger partial charge on any atom is 0.143 e. The summed E-state index contributed by atoms with van der Waals surface area (Å²) in [4.78, 5) is 10.7. The molecule has 1 aromatic carbocycles. The zero-order chi connectivity index (χ0) is 10.7. The van der Waals surface area contributed by atoms with Gasteiger partial charge in [0.15, 0.2) is 0 Å². The second kappa shape index (κ2) is 4.69. The molecule has 0 heterocycles. The molecule has 1 unspecified atom stereocenters. The van der Waals surface area contributed by atoms with Crippen LogP contribution in [0.4, 0.5) is 4.39 Å². The first-order valence-corrected chi connectivity index (χ1v) is 5.32. The summed E-state index contributed by atoms with van der Waals surface area (Å²) >= 11 is 3.25. The van der Waals surface area contributed by atoms with Crippen LogP contribution in [0.25, 0.3) is 0 Å². The Morgan fingerprint density at radius 3 is 2.71 bits per heavy atom. The molecule has 1 nitrogen and oxygen atoms in total. The fourth-order valence-electron chi connectivity index (χ4n) is 1.11. The molecular weight excluding hydrogens is 247 g/mol. The average Bonchev–Trinajstić information content (AvgIpc) is 2.11. The van der Waals surface area contributed by atoms with Gasteiger partial charge in [-0.1, -0.05) is 28.1 Å². The topological polar surface area (TPSA) is 17.1 Å². The number of alkyl halides is 1. The van der Waals surface area contributed by atoms with Gasteiger partial charge in [-0.25, -0.2) is 4.39 Å². The SMILES string of the molecule is CC(=O)C(Br)Cc1ccc(C)c(F)c1. The smallest absolute Gasteiger partial charge is 0.143 e. The van der Waals surface area contributed by atoms with Crippen LogP contribution in [0.2, 0.25) is 0 Å². The molecule has 0 aliphatic rings. The lowest BCUT2D eigenvalue weighted by molar-refractivity contribution is -0.116. The molecule has 0 radical (unpaired) electrons. The van der Waals surface area contributed by atoms with E-state index in [-0.39, 0.29) is 16.4 Å². The van der Waals surface area contributed by atoms with Crippen LogP contribution in [0.15, 0.2) is 18.2 Å². The van der Waals surface area contributed by atoms with E-state index in [9.17, 15) is 9.18 Å². The Bertz CT molecular complexity index is 349. The third-order valence-electron chi connectivity index (χ3n) is 2.09. The van der Waals surface area contributed by atoms with E-state index in [4.69, 9.17) is 0 Å². The maximum atomic E-state index is 13.1. The molecule has 0 saturated carbocycles. The van der Waals surface area contributed by atoms with Gasteiger partial charge in [0, 0.05) is 0 Å². The number of carbonyl (C=O) groups excluding carboxylic acids is 1. The second-order valence-electron chi connectivity index (χ2n) is 3.37. The molecule has 1 aromatic rings. The molecule has 3 heteroatoms. The van der Waals surface area contributed by atoms with E-state index in [0.29, 0.717) is 12.0 Å². The first-order valence-electron chi connectivity index (χ1n) is 4.40. The van der Waals surface area contributed by atoms with Crippen LogP contribution < -0.4 is 0 Å². The molecular formula is C11H12BrFO. The zero-order valence-electron chi connectivity index (χ0n) is 8.18. The van der Waals surface area contributed by atoms with Crippen LogP contribution in [0.3, 0.4) is 0 Å². The van der Waals surface area contributed by atoms with Gasteiger partial charge >= 0.3 is 0 Å². The number of benzene rings is 1. The van der Waals surface area contributed by atoms with E-state index in [1.807, 2.05) is 6.07 Å². The highest BCUT2D eigenvalue weighted by Crippen LogP contribution is 2.14. The molecule has 0 aliphatic carbocycles. The van der Waals surface area contributed by atoms with Gasteiger partial charge in [-0.05, 0) is 37.5 Å². The van der Waals surface area contributed by atoms with Crippen molar-refractivity contribution in [3.8, 4) is 0 Å². The summed E-state index contributed by atoms with van der Waals surface area (Å²) in [6.45, 7) is 3.24. The van der Waals surface area contributed by atoms with Crippen LogP contribution in [-0.4, -0.2) is 10.6 Å². The number of hydrogen-bond acceptors (Lipinski definition) is 1. The van der Waals surface area contributed by atoms with Crippen LogP contribution in [-0.2, 0) is 11.2 Å². The van der Waals surface area contributed by atoms with E-state index in [1.165, 1.54) is 13.0 Å². The van der Waals surface area contributed by atoms with E-state index >= 15 is 0 Å². The molecule has 76 valence electrons. The predicted octanol–water partition coefficient (Wildman–Crippen LogP) is 3.03. The van der Waals surface area contributed by atoms with E-state index in [2.05, 4.69) is 15.9 Å². The van der Waals surface area contributed by atoms with Gasteiger partial charge in [0.25, 0.3) is 0 Å². The van der Waals surface area contributed by atoms with Crippen molar-refractivity contribution in [3.05, 3.63) is 35.1 Å². The Hall–Kier alpha value is -0.700. The van der Waals surface area contributed by atoms with Gasteiger partial charge in [0.2, 0.25) is 0 Å². The molecule has 0 N–H and O–H groups in total. The number of rotatable bonds is 3. The Morgan fingerprint density at radius 1 is 1.57 bits per heavy atom. The number of halogens is 2. The highest BCUT2D eigenvalue weighted by molar-refractivity contribution is 9.10. The highest BCUT2D eigenvalue weighted by Gasteiger charge is 2.11. The minimum absolute atomic E-state index is 0.0611. The predicted molar refractivity (Wildman–Crippen MR) is 58.2 cm³/mol. The first-order chi connectivity index (χ1) is 6.50. The number of carbonyl (C=O) groups is 1. The fourth-order valence-corrected chi connectivity index (χ4v) is 1.49. The Balaban J connectivity index is 2.78. The lowest BCUT2D eigenvalue weighted by Gasteiger charge is -2.06. The van der Waals surface area contributed by atoms with Crippen molar-refractivity contribution in [1.29, 1.82) is 0 Å². The third kappa shape index (κ3) is 2.91. The molecule has 0 spiro atoms. The Labute approximate surface area is 91.5 Å². The van der Waals surface area contributed by atoms with Gasteiger partial charge in [-0.3, -0.25) is 4.79 Å². The standard InChI is InChI=1S/C11H12BrFO/c1-7-3-4-9(6-11(7)13)5-10(12)8(2)14/h3-4,6,10H,5H2,1-2H3. The second-order valence-corrected chi connectivity index (χ2v) is 4.47. The van der Waals surface area contributed by atoms with Crippen molar-refractivity contribution >= 4 is 21.7 Å². The van der Waals surface area contributed by atoms with Gasteiger partial charge in [0.05, 0.1) is 4.83 Å². The monoisotopic (exact) mass is 258 g/mol. The third-order valence-corrected chi connectivity index (χ3v) is 3.06. The van der Waals surface area contributed by atoms with Crippen LogP contribution in [0, 0.1) is 12.7 Å². The molecule has 14 heavy (non-hydrogen) atoms. The number of Topliss-reactive ketones (excluding diaryl/α,β-unsaturated/α-hetero) is 1. The molecule has 0 bridgehead atoms. The highest BCUT2D eigenvalue weighted by atomic mass is 79.9. The van der Waals surface area contributed by atoms with Crippen molar-refractivity contribution in [3.63, 3.8) is 0 Å². The largest absolute Gasteiger partial charge is 0.299 e. The molecule has 1 rings (SSSR count). The number of aryl methyl sites for hydroxylation is 1. The molecule has 0 fully saturated rings. The summed E-state index contributed by atoms with van der Waals surface area (Å²) in [5.41, 5.74) is 1.47. The van der Waals surface area contributed by atoms with Gasteiger partial charge < -0.3 is 0 Å². The lowest BCUT2D eigenvalue weighted by atomic mass is 10.1. The van der Waals surface area contributed by atoms with Crippen LogP contribution >= 0.6 is 15.9 Å². The molecule has 0 saturated heterocycles. The van der Waals surface area contributed by atoms with Crippen LogP contribution in [0.1, 0.15) is 18.1 Å². The van der Waals surface area contributed by atoms with Crippen molar-refractivity contribution < 1.29 is 9.18 Å². The van der Waals surface area contributed by atoms with E-state index in [0.717, 1.165) is 5.56 Å². The lowest BCUT2D eigenvalue weighted by Crippen LogP contribution is -2.12. The molecule has 0 aromatic heterocycles. The number of ketones is 1. The van der Waals surface area contributed by atoms with Gasteiger partial charge in [0.1, 0.15) is 11.6 Å². The molecule has 1 atom stereocenters. The van der Waals surface area contributed by atoms with Crippen molar-refractivity contribution in [2.24, 2.45) is 0 Å². The average molecular weight is 259 g/mol. The minimum Gasteiger partial charge on any atom is -0.299 e. The van der Waals surface area contributed by atoms with Crippen molar-refractivity contribution in [2.75, 3.05) is 0 Å². The number of hydrogen-bond donors (Lipinski definition) is 0. The summed E-state index contributed by atoms with van der Waals surface area (Å²) in [6, 6.07) is 5.05. The summed E-state index contributed by atoms with van der Waals surface area (Å²) in [5, 5.41) is 0. The first kappa shape index (κ1) is 11.4. The normalized spacial score (nSPS) is 12.6. The molecule has 0 aliphatic heterocycles. The molecule has 0 amide bonds. The summed E-state index contributed by atoms with van der Waals surface area (Å²) in [7, 11) is 0. The van der Waals surface area contributed by atoms with E-state index < -0.39 is 0 Å². The summed E-state index contributed by atoms with van der Waals surface area (Å²) < 4.78 is 13.1. The van der Waals surface area contributed by atoms with Crippen LogP contribution in [0.5, 0.6) is 0 Å².